The maximum atomic E-state index is 13.5. The smallest absolute Gasteiger partial charge is 0.328 e. The Balaban J connectivity index is 1.30. The zero-order valence-corrected chi connectivity index (χ0v) is 28.1. The first-order chi connectivity index (χ1) is 22.6. The fourth-order valence-electron chi connectivity index (χ4n) is 4.84. The molecule has 5 rings (SSSR count). The molecule has 0 aromatic heterocycles. The van der Waals surface area contributed by atoms with Crippen LogP contribution in [0.1, 0.15) is 21.5 Å². The van der Waals surface area contributed by atoms with Gasteiger partial charge in [0.1, 0.15) is 29.9 Å². The van der Waals surface area contributed by atoms with E-state index in [0.717, 1.165) is 34.3 Å². The van der Waals surface area contributed by atoms with Crippen LogP contribution in [0.3, 0.4) is 0 Å². The number of carbonyl (C=O) groups excluding carboxylic acids is 2. The largest absolute Gasteiger partial charge is 0.488 e. The van der Waals surface area contributed by atoms with E-state index in [-0.39, 0.29) is 23.5 Å². The lowest BCUT2D eigenvalue weighted by atomic mass is 9.99. The van der Waals surface area contributed by atoms with Crippen molar-refractivity contribution in [3.05, 3.63) is 142 Å². The van der Waals surface area contributed by atoms with Gasteiger partial charge in [0.15, 0.2) is 9.84 Å². The highest BCUT2D eigenvalue weighted by molar-refractivity contribution is 9.10. The topological polar surface area (TPSA) is 108 Å². The van der Waals surface area contributed by atoms with Gasteiger partial charge < -0.3 is 19.5 Å². The molecular weight excluding hydrogens is 682 g/mol. The third-order valence-electron chi connectivity index (χ3n) is 7.29. The van der Waals surface area contributed by atoms with Crippen molar-refractivity contribution in [2.45, 2.75) is 24.0 Å². The Morgan fingerprint density at radius 1 is 0.787 bits per heavy atom. The van der Waals surface area contributed by atoms with Gasteiger partial charge in [0.2, 0.25) is 0 Å². The van der Waals surface area contributed by atoms with Gasteiger partial charge in [-0.25, -0.2) is 13.2 Å². The lowest BCUT2D eigenvalue weighted by molar-refractivity contribution is -0.142. The molecular formula is C37H32BrNO7S. The van der Waals surface area contributed by atoms with Crippen molar-refractivity contribution in [1.82, 2.24) is 5.32 Å². The van der Waals surface area contributed by atoms with Gasteiger partial charge in [-0.15, -0.1) is 0 Å². The van der Waals surface area contributed by atoms with Crippen LogP contribution < -0.4 is 14.8 Å². The fourth-order valence-corrected chi connectivity index (χ4v) is 5.83. The predicted octanol–water partition coefficient (Wildman–Crippen LogP) is 7.41. The summed E-state index contributed by atoms with van der Waals surface area (Å²) in [6.07, 6.45) is 1.34. The van der Waals surface area contributed by atoms with Gasteiger partial charge in [-0.05, 0) is 65.2 Å². The van der Waals surface area contributed by atoms with Crippen LogP contribution in [0.4, 0.5) is 0 Å². The number of nitrogens with one attached hydrogen (secondary N) is 1. The van der Waals surface area contributed by atoms with E-state index in [1.54, 1.807) is 30.3 Å². The maximum Gasteiger partial charge on any atom is 0.328 e. The van der Waals surface area contributed by atoms with Gasteiger partial charge in [-0.3, -0.25) is 4.79 Å². The second-order valence-electron chi connectivity index (χ2n) is 10.7. The number of rotatable bonds is 12. The first kappa shape index (κ1) is 33.4. The van der Waals surface area contributed by atoms with Crippen molar-refractivity contribution < 1.29 is 32.2 Å². The van der Waals surface area contributed by atoms with Gasteiger partial charge in [0.05, 0.1) is 17.6 Å². The summed E-state index contributed by atoms with van der Waals surface area (Å²) in [5.41, 5.74) is 3.59. The van der Waals surface area contributed by atoms with Crippen LogP contribution in [0.2, 0.25) is 0 Å². The molecule has 1 N–H and O–H groups in total. The molecule has 10 heteroatoms. The van der Waals surface area contributed by atoms with Crippen LogP contribution in [0, 0.1) is 0 Å². The summed E-state index contributed by atoms with van der Waals surface area (Å²) in [6.45, 7) is 0.0955. The van der Waals surface area contributed by atoms with Crippen molar-refractivity contribution in [3.8, 4) is 28.4 Å². The van der Waals surface area contributed by atoms with Gasteiger partial charge in [-0.2, -0.15) is 0 Å². The Morgan fingerprint density at radius 2 is 1.45 bits per heavy atom. The number of para-hydroxylation sites is 2. The Morgan fingerprint density at radius 3 is 2.13 bits per heavy atom. The van der Waals surface area contributed by atoms with Crippen molar-refractivity contribution >= 4 is 37.6 Å². The molecule has 0 bridgehead atoms. The summed E-state index contributed by atoms with van der Waals surface area (Å²) >= 11 is 3.41. The molecule has 1 atom stereocenters. The van der Waals surface area contributed by atoms with Gasteiger partial charge in [0, 0.05) is 22.7 Å². The molecule has 0 unspecified atom stereocenters. The molecule has 1 amide bonds. The number of hydrogen-bond acceptors (Lipinski definition) is 7. The van der Waals surface area contributed by atoms with E-state index in [9.17, 15) is 18.0 Å². The molecule has 0 aliphatic rings. The van der Waals surface area contributed by atoms with E-state index in [4.69, 9.17) is 14.2 Å². The minimum absolute atomic E-state index is 0.0955. The van der Waals surface area contributed by atoms with Crippen LogP contribution in [0.25, 0.3) is 11.1 Å². The highest BCUT2D eigenvalue weighted by atomic mass is 79.9. The normalized spacial score (nSPS) is 11.7. The molecule has 0 spiro atoms. The second kappa shape index (κ2) is 15.1. The number of amides is 1. The van der Waals surface area contributed by atoms with Crippen molar-refractivity contribution in [1.29, 1.82) is 0 Å². The number of methoxy groups -OCH3 is 1. The van der Waals surface area contributed by atoms with Gasteiger partial charge in [-0.1, -0.05) is 88.7 Å². The number of benzene rings is 5. The third-order valence-corrected chi connectivity index (χ3v) is 8.91. The van der Waals surface area contributed by atoms with Crippen LogP contribution in [-0.4, -0.2) is 39.7 Å². The Hall–Kier alpha value is -4.93. The van der Waals surface area contributed by atoms with Gasteiger partial charge >= 0.3 is 5.97 Å². The number of halogens is 1. The van der Waals surface area contributed by atoms with E-state index in [2.05, 4.69) is 21.2 Å². The van der Waals surface area contributed by atoms with E-state index in [1.807, 2.05) is 78.9 Å². The van der Waals surface area contributed by atoms with Crippen molar-refractivity contribution in [2.24, 2.45) is 0 Å². The molecule has 0 saturated heterocycles. The maximum absolute atomic E-state index is 13.5. The quantitative estimate of drug-likeness (QED) is 0.134. The molecule has 8 nitrogen and oxygen atoms in total. The van der Waals surface area contributed by atoms with Crippen LogP contribution >= 0.6 is 15.9 Å². The van der Waals surface area contributed by atoms with Crippen LogP contribution in [-0.2, 0) is 32.4 Å². The zero-order chi connectivity index (χ0) is 33.4. The molecule has 0 radical (unpaired) electrons. The van der Waals surface area contributed by atoms with Gasteiger partial charge in [0.25, 0.3) is 5.91 Å². The molecule has 0 heterocycles. The summed E-state index contributed by atoms with van der Waals surface area (Å²) in [5, 5.41) is 2.80. The summed E-state index contributed by atoms with van der Waals surface area (Å²) < 4.78 is 41.3. The molecule has 0 fully saturated rings. The Bertz CT molecular complexity index is 1960. The van der Waals surface area contributed by atoms with Crippen molar-refractivity contribution in [3.63, 3.8) is 0 Å². The molecule has 0 aliphatic heterocycles. The minimum Gasteiger partial charge on any atom is -0.488 e. The van der Waals surface area contributed by atoms with Crippen LogP contribution in [0.5, 0.6) is 17.2 Å². The molecule has 47 heavy (non-hydrogen) atoms. The average molecular weight is 715 g/mol. The zero-order valence-electron chi connectivity index (χ0n) is 25.7. The van der Waals surface area contributed by atoms with E-state index in [0.29, 0.717) is 16.0 Å². The SMILES string of the molecule is COC(=O)[C@H](Cc1ccc(-c2ccccc2Oc2ccccc2)cc1)NC(=O)c1cc(Br)ccc1OCc1ccc(S(C)(=O)=O)cc1. The predicted molar refractivity (Wildman–Crippen MR) is 183 cm³/mol. The van der Waals surface area contributed by atoms with Crippen molar-refractivity contribution in [2.75, 3.05) is 13.4 Å². The molecule has 5 aromatic carbocycles. The number of ether oxygens (including phenoxy) is 3. The average Bonchev–Trinajstić information content (AvgIpc) is 3.08. The lowest BCUT2D eigenvalue weighted by Gasteiger charge is -2.19. The third kappa shape index (κ3) is 8.87. The number of sulfone groups is 1. The summed E-state index contributed by atoms with van der Waals surface area (Å²) in [7, 11) is -2.05. The van der Waals surface area contributed by atoms with E-state index in [1.165, 1.54) is 19.2 Å². The minimum atomic E-state index is -3.32. The molecule has 0 aliphatic carbocycles. The second-order valence-corrected chi connectivity index (χ2v) is 13.6. The summed E-state index contributed by atoms with van der Waals surface area (Å²) in [5.74, 6) is 0.627. The molecule has 0 saturated carbocycles. The highest BCUT2D eigenvalue weighted by Gasteiger charge is 2.25. The first-order valence-electron chi connectivity index (χ1n) is 14.6. The van der Waals surface area contributed by atoms with Crippen LogP contribution in [0.15, 0.2) is 131 Å². The first-order valence-corrected chi connectivity index (χ1v) is 17.3. The number of carbonyl (C=O) groups is 2. The summed E-state index contributed by atoms with van der Waals surface area (Å²) in [4.78, 5) is 26.5. The number of hydrogen-bond donors (Lipinski definition) is 1. The molecule has 240 valence electrons. The highest BCUT2D eigenvalue weighted by Crippen LogP contribution is 2.33. The fraction of sp³-hybridized carbons (Fsp3) is 0.135. The monoisotopic (exact) mass is 713 g/mol. The number of esters is 1. The van der Waals surface area contributed by atoms with E-state index >= 15 is 0 Å². The molecule has 5 aromatic rings. The Labute approximate surface area is 282 Å². The Kier molecular flexibility index (Phi) is 10.7. The van der Waals surface area contributed by atoms with E-state index < -0.39 is 27.8 Å². The standard InChI is InChI=1S/C37H32BrNO7S/c1-44-37(41)33(22-25-12-16-27(17-13-25)31-10-6-7-11-35(31)46-29-8-4-3-5-9-29)39-36(40)32-23-28(38)18-21-34(32)45-24-26-14-19-30(20-15-26)47(2,42)43/h3-21,23,33H,22,24H2,1-2H3,(H,39,40)/t33-/m0/s1. The summed E-state index contributed by atoms with van der Waals surface area (Å²) in [6, 6.07) is 35.3. The lowest BCUT2D eigenvalue weighted by Crippen LogP contribution is -2.43.